The molecule has 0 bridgehead atoms. The molecule has 2 aromatic rings. The first kappa shape index (κ1) is 17.0. The zero-order chi connectivity index (χ0) is 17.8. The Balaban J connectivity index is 1.69. The highest BCUT2D eigenvalue weighted by atomic mass is 16.5. The molecule has 2 aromatic carbocycles. The number of amides is 1. The van der Waals surface area contributed by atoms with Crippen molar-refractivity contribution < 1.29 is 19.4 Å². The average Bonchev–Trinajstić information content (AvgIpc) is 2.93. The molecule has 1 unspecified atom stereocenters. The summed E-state index contributed by atoms with van der Waals surface area (Å²) in [6.07, 6.45) is -0.146. The molecule has 0 saturated carbocycles. The lowest BCUT2D eigenvalue weighted by atomic mass is 9.98. The molecule has 5 heteroatoms. The summed E-state index contributed by atoms with van der Waals surface area (Å²) in [4.78, 5) is 22.8. The van der Waals surface area contributed by atoms with Gasteiger partial charge in [0, 0.05) is 12.0 Å². The van der Waals surface area contributed by atoms with E-state index >= 15 is 0 Å². The van der Waals surface area contributed by atoms with Gasteiger partial charge in [-0.15, -0.1) is 0 Å². The monoisotopic (exact) mass is 339 g/mol. The van der Waals surface area contributed by atoms with E-state index in [0.29, 0.717) is 6.42 Å². The Labute approximate surface area is 146 Å². The molecule has 0 aliphatic heterocycles. The van der Waals surface area contributed by atoms with Crippen molar-refractivity contribution in [3.8, 4) is 11.1 Å². The number of carboxylic acid groups (broad SMARTS) is 1. The van der Waals surface area contributed by atoms with Crippen LogP contribution in [0, 0.1) is 0 Å². The number of carbonyl (C=O) groups excluding carboxylic acids is 1. The van der Waals surface area contributed by atoms with Gasteiger partial charge in [-0.05, 0) is 28.7 Å². The summed E-state index contributed by atoms with van der Waals surface area (Å²) >= 11 is 0. The SMILES string of the molecule is CCC(CC(=O)O)NC(=O)OCC1c2ccccc2-c2ccccc21. The highest BCUT2D eigenvalue weighted by molar-refractivity contribution is 5.79. The Hall–Kier alpha value is -2.82. The molecule has 1 amide bonds. The van der Waals surface area contributed by atoms with E-state index < -0.39 is 18.1 Å². The van der Waals surface area contributed by atoms with Crippen LogP contribution in [0.15, 0.2) is 48.5 Å². The van der Waals surface area contributed by atoms with Crippen molar-refractivity contribution in [2.75, 3.05) is 6.61 Å². The predicted octanol–water partition coefficient (Wildman–Crippen LogP) is 3.78. The van der Waals surface area contributed by atoms with E-state index in [-0.39, 0.29) is 18.9 Å². The second-order valence-corrected chi connectivity index (χ2v) is 6.17. The third-order valence-corrected chi connectivity index (χ3v) is 4.58. The highest BCUT2D eigenvalue weighted by Gasteiger charge is 2.29. The van der Waals surface area contributed by atoms with Gasteiger partial charge in [-0.2, -0.15) is 0 Å². The topological polar surface area (TPSA) is 75.6 Å². The third kappa shape index (κ3) is 3.65. The molecular formula is C20H21NO4. The van der Waals surface area contributed by atoms with Crippen molar-refractivity contribution in [1.29, 1.82) is 0 Å². The van der Waals surface area contributed by atoms with Gasteiger partial charge in [-0.25, -0.2) is 4.79 Å². The van der Waals surface area contributed by atoms with Crippen molar-refractivity contribution in [3.05, 3.63) is 59.7 Å². The van der Waals surface area contributed by atoms with E-state index in [4.69, 9.17) is 9.84 Å². The minimum atomic E-state index is -0.939. The minimum absolute atomic E-state index is 0.00213. The van der Waals surface area contributed by atoms with Crippen LogP contribution in [0.5, 0.6) is 0 Å². The van der Waals surface area contributed by atoms with E-state index in [1.54, 1.807) is 0 Å². The predicted molar refractivity (Wildman–Crippen MR) is 94.5 cm³/mol. The fourth-order valence-electron chi connectivity index (χ4n) is 3.31. The molecule has 25 heavy (non-hydrogen) atoms. The number of hydrogen-bond acceptors (Lipinski definition) is 3. The Morgan fingerprint density at radius 1 is 1.08 bits per heavy atom. The maximum Gasteiger partial charge on any atom is 0.407 e. The van der Waals surface area contributed by atoms with Crippen molar-refractivity contribution >= 4 is 12.1 Å². The summed E-state index contributed by atoms with van der Waals surface area (Å²) in [5, 5.41) is 11.5. The van der Waals surface area contributed by atoms with Crippen LogP contribution in [0.3, 0.4) is 0 Å². The minimum Gasteiger partial charge on any atom is -0.481 e. The lowest BCUT2D eigenvalue weighted by molar-refractivity contribution is -0.137. The van der Waals surface area contributed by atoms with Crippen LogP contribution in [0.25, 0.3) is 11.1 Å². The summed E-state index contributed by atoms with van der Waals surface area (Å²) in [7, 11) is 0. The molecule has 0 fully saturated rings. The summed E-state index contributed by atoms with van der Waals surface area (Å²) in [6, 6.07) is 15.8. The standard InChI is InChI=1S/C20H21NO4/c1-2-13(11-19(22)23)21-20(24)25-12-18-16-9-5-3-7-14(16)15-8-4-6-10-17(15)18/h3-10,13,18H,2,11-12H2,1H3,(H,21,24)(H,22,23). The van der Waals surface area contributed by atoms with Crippen LogP contribution in [0.4, 0.5) is 4.79 Å². The van der Waals surface area contributed by atoms with Gasteiger partial charge >= 0.3 is 12.1 Å². The number of nitrogens with one attached hydrogen (secondary N) is 1. The molecule has 1 atom stereocenters. The van der Waals surface area contributed by atoms with Gasteiger partial charge in [0.2, 0.25) is 0 Å². The van der Waals surface area contributed by atoms with Gasteiger partial charge in [0.25, 0.3) is 0 Å². The molecule has 3 rings (SSSR count). The van der Waals surface area contributed by atoms with Crippen LogP contribution < -0.4 is 5.32 Å². The van der Waals surface area contributed by atoms with Crippen LogP contribution in [-0.4, -0.2) is 29.8 Å². The summed E-state index contributed by atoms with van der Waals surface area (Å²) in [5.41, 5.74) is 4.64. The zero-order valence-corrected chi connectivity index (χ0v) is 14.1. The van der Waals surface area contributed by atoms with Crippen LogP contribution in [-0.2, 0) is 9.53 Å². The Bertz CT molecular complexity index is 741. The number of rotatable bonds is 6. The van der Waals surface area contributed by atoms with E-state index in [1.807, 2.05) is 31.2 Å². The van der Waals surface area contributed by atoms with Crippen molar-refractivity contribution in [2.45, 2.75) is 31.7 Å². The fraction of sp³-hybridized carbons (Fsp3) is 0.300. The van der Waals surface area contributed by atoms with E-state index in [9.17, 15) is 9.59 Å². The highest BCUT2D eigenvalue weighted by Crippen LogP contribution is 2.44. The van der Waals surface area contributed by atoms with Crippen molar-refractivity contribution in [2.24, 2.45) is 0 Å². The molecule has 0 saturated heterocycles. The smallest absolute Gasteiger partial charge is 0.407 e. The molecule has 0 heterocycles. The molecule has 130 valence electrons. The number of aliphatic carboxylic acids is 1. The second-order valence-electron chi connectivity index (χ2n) is 6.17. The molecule has 1 aliphatic carbocycles. The number of fused-ring (bicyclic) bond motifs is 3. The molecule has 5 nitrogen and oxygen atoms in total. The maximum atomic E-state index is 12.0. The molecule has 0 radical (unpaired) electrons. The van der Waals surface area contributed by atoms with E-state index in [0.717, 1.165) is 11.1 Å². The van der Waals surface area contributed by atoms with Gasteiger partial charge in [0.05, 0.1) is 6.42 Å². The average molecular weight is 339 g/mol. The molecular weight excluding hydrogens is 318 g/mol. The number of carbonyl (C=O) groups is 2. The lowest BCUT2D eigenvalue weighted by Gasteiger charge is -2.17. The summed E-state index contributed by atoms with van der Waals surface area (Å²) < 4.78 is 5.41. The fourth-order valence-corrected chi connectivity index (χ4v) is 3.31. The summed E-state index contributed by atoms with van der Waals surface area (Å²) in [5.74, 6) is -0.941. The quantitative estimate of drug-likeness (QED) is 0.840. The van der Waals surface area contributed by atoms with Gasteiger partial charge in [0.15, 0.2) is 0 Å². The Morgan fingerprint density at radius 2 is 1.64 bits per heavy atom. The largest absolute Gasteiger partial charge is 0.481 e. The van der Waals surface area contributed by atoms with Gasteiger partial charge in [-0.3, -0.25) is 4.79 Å². The zero-order valence-electron chi connectivity index (χ0n) is 14.1. The Morgan fingerprint density at radius 3 is 2.16 bits per heavy atom. The number of ether oxygens (including phenoxy) is 1. The van der Waals surface area contributed by atoms with E-state index in [2.05, 4.69) is 29.6 Å². The number of alkyl carbamates (subject to hydrolysis) is 1. The first-order chi connectivity index (χ1) is 12.1. The van der Waals surface area contributed by atoms with Gasteiger partial charge in [-0.1, -0.05) is 55.5 Å². The van der Waals surface area contributed by atoms with Gasteiger partial charge < -0.3 is 15.2 Å². The molecule has 0 aromatic heterocycles. The lowest BCUT2D eigenvalue weighted by Crippen LogP contribution is -2.37. The van der Waals surface area contributed by atoms with Crippen LogP contribution in [0.1, 0.15) is 36.8 Å². The van der Waals surface area contributed by atoms with Gasteiger partial charge in [0.1, 0.15) is 6.61 Å². The molecule has 0 spiro atoms. The Kier molecular flexibility index (Phi) is 5.03. The molecule has 2 N–H and O–H groups in total. The summed E-state index contributed by atoms with van der Waals surface area (Å²) in [6.45, 7) is 2.06. The van der Waals surface area contributed by atoms with Crippen LogP contribution >= 0.6 is 0 Å². The molecule has 1 aliphatic rings. The van der Waals surface area contributed by atoms with Crippen molar-refractivity contribution in [1.82, 2.24) is 5.32 Å². The van der Waals surface area contributed by atoms with Crippen molar-refractivity contribution in [3.63, 3.8) is 0 Å². The number of carboxylic acids is 1. The first-order valence-corrected chi connectivity index (χ1v) is 8.43. The normalized spacial score (nSPS) is 13.6. The second kappa shape index (κ2) is 7.38. The first-order valence-electron chi connectivity index (χ1n) is 8.43. The number of hydrogen-bond donors (Lipinski definition) is 2. The third-order valence-electron chi connectivity index (χ3n) is 4.58. The van der Waals surface area contributed by atoms with E-state index in [1.165, 1.54) is 11.1 Å². The van der Waals surface area contributed by atoms with Crippen LogP contribution in [0.2, 0.25) is 0 Å². The number of benzene rings is 2. The maximum absolute atomic E-state index is 12.0.